The van der Waals surface area contributed by atoms with Crippen LogP contribution in [-0.4, -0.2) is 35.7 Å². The SMILES string of the molecule is COCCn1c(CCCCCNC(=O)c2cccc(Cl)c2)nc2ccccc21. The molecule has 3 aromatic rings. The van der Waals surface area contributed by atoms with Crippen molar-refractivity contribution >= 4 is 28.5 Å². The maximum atomic E-state index is 12.1. The zero-order chi connectivity index (χ0) is 19.8. The molecule has 0 fully saturated rings. The third-order valence-electron chi connectivity index (χ3n) is 4.70. The highest BCUT2D eigenvalue weighted by molar-refractivity contribution is 6.30. The lowest BCUT2D eigenvalue weighted by atomic mass is 10.1. The molecule has 0 aliphatic heterocycles. The predicted octanol–water partition coefficient (Wildman–Crippen LogP) is 4.48. The molecule has 0 spiro atoms. The fraction of sp³-hybridized carbons (Fsp3) is 0.364. The molecule has 28 heavy (non-hydrogen) atoms. The summed E-state index contributed by atoms with van der Waals surface area (Å²) < 4.78 is 7.50. The summed E-state index contributed by atoms with van der Waals surface area (Å²) in [6.45, 7) is 2.14. The Bertz CT molecular complexity index is 923. The molecule has 1 N–H and O–H groups in total. The first kappa shape index (κ1) is 20.4. The minimum Gasteiger partial charge on any atom is -0.383 e. The van der Waals surface area contributed by atoms with Gasteiger partial charge in [-0.05, 0) is 43.2 Å². The average molecular weight is 400 g/mol. The molecule has 148 valence electrons. The average Bonchev–Trinajstić information content (AvgIpc) is 3.06. The lowest BCUT2D eigenvalue weighted by Gasteiger charge is -2.09. The van der Waals surface area contributed by atoms with Crippen LogP contribution < -0.4 is 5.32 Å². The van der Waals surface area contributed by atoms with Crippen molar-refractivity contribution in [2.45, 2.75) is 32.2 Å². The fourth-order valence-corrected chi connectivity index (χ4v) is 3.46. The van der Waals surface area contributed by atoms with Crippen molar-refractivity contribution in [3.05, 3.63) is 64.9 Å². The summed E-state index contributed by atoms with van der Waals surface area (Å²) in [5.74, 6) is 1.02. The third-order valence-corrected chi connectivity index (χ3v) is 4.94. The van der Waals surface area contributed by atoms with E-state index < -0.39 is 0 Å². The van der Waals surface area contributed by atoms with Crippen molar-refractivity contribution in [1.29, 1.82) is 0 Å². The molecule has 5 nitrogen and oxygen atoms in total. The zero-order valence-electron chi connectivity index (χ0n) is 16.2. The standard InChI is InChI=1S/C22H26ClN3O2/c1-28-15-14-26-20-11-5-4-10-19(20)25-21(26)12-3-2-6-13-24-22(27)17-8-7-9-18(23)16-17/h4-5,7-11,16H,2-3,6,12-15H2,1H3,(H,24,27). The molecule has 0 bridgehead atoms. The Kier molecular flexibility index (Phi) is 7.46. The second kappa shape index (κ2) is 10.2. The molecular weight excluding hydrogens is 374 g/mol. The molecule has 0 saturated heterocycles. The Labute approximate surface area is 170 Å². The first-order valence-electron chi connectivity index (χ1n) is 9.66. The Morgan fingerprint density at radius 1 is 1.14 bits per heavy atom. The minimum atomic E-state index is -0.0798. The number of amides is 1. The molecule has 0 aliphatic carbocycles. The van der Waals surface area contributed by atoms with Gasteiger partial charge in [0.05, 0.1) is 17.6 Å². The van der Waals surface area contributed by atoms with Crippen LogP contribution in [0.4, 0.5) is 0 Å². The number of fused-ring (bicyclic) bond motifs is 1. The monoisotopic (exact) mass is 399 g/mol. The molecular formula is C22H26ClN3O2. The minimum absolute atomic E-state index is 0.0798. The number of halogens is 1. The Morgan fingerprint density at radius 2 is 2.00 bits per heavy atom. The van der Waals surface area contributed by atoms with E-state index in [2.05, 4.69) is 16.0 Å². The topological polar surface area (TPSA) is 56.1 Å². The van der Waals surface area contributed by atoms with Crippen molar-refractivity contribution in [2.75, 3.05) is 20.3 Å². The summed E-state index contributed by atoms with van der Waals surface area (Å²) in [5.41, 5.74) is 2.78. The number of para-hydroxylation sites is 2. The molecule has 6 heteroatoms. The zero-order valence-corrected chi connectivity index (χ0v) is 16.9. The number of carbonyl (C=O) groups is 1. The van der Waals surface area contributed by atoms with Crippen LogP contribution in [0.2, 0.25) is 5.02 Å². The van der Waals surface area contributed by atoms with E-state index in [1.54, 1.807) is 31.4 Å². The van der Waals surface area contributed by atoms with E-state index in [1.165, 1.54) is 0 Å². The second-order valence-corrected chi connectivity index (χ2v) is 7.17. The molecule has 0 atom stereocenters. The van der Waals surface area contributed by atoms with Crippen LogP contribution in [0.15, 0.2) is 48.5 Å². The first-order chi connectivity index (χ1) is 13.7. The van der Waals surface area contributed by atoms with E-state index in [1.807, 2.05) is 18.2 Å². The van der Waals surface area contributed by atoms with Gasteiger partial charge in [-0.15, -0.1) is 0 Å². The van der Waals surface area contributed by atoms with Crippen molar-refractivity contribution in [1.82, 2.24) is 14.9 Å². The van der Waals surface area contributed by atoms with Crippen LogP contribution in [0.1, 0.15) is 35.4 Å². The van der Waals surface area contributed by atoms with E-state index in [9.17, 15) is 4.79 Å². The number of rotatable bonds is 10. The number of nitrogens with one attached hydrogen (secondary N) is 1. The van der Waals surface area contributed by atoms with Gasteiger partial charge in [-0.25, -0.2) is 4.98 Å². The van der Waals surface area contributed by atoms with Gasteiger partial charge in [-0.2, -0.15) is 0 Å². The van der Waals surface area contributed by atoms with E-state index >= 15 is 0 Å². The molecule has 3 rings (SSSR count). The number of methoxy groups -OCH3 is 1. The van der Waals surface area contributed by atoms with E-state index in [4.69, 9.17) is 21.3 Å². The summed E-state index contributed by atoms with van der Waals surface area (Å²) in [5, 5.41) is 3.52. The van der Waals surface area contributed by atoms with Gasteiger partial charge in [0.2, 0.25) is 0 Å². The van der Waals surface area contributed by atoms with Crippen LogP contribution in [0.25, 0.3) is 11.0 Å². The van der Waals surface area contributed by atoms with E-state index in [-0.39, 0.29) is 5.91 Å². The summed E-state index contributed by atoms with van der Waals surface area (Å²) in [6.07, 6.45) is 3.91. The number of unbranched alkanes of at least 4 members (excludes halogenated alkanes) is 2. The van der Waals surface area contributed by atoms with Crippen LogP contribution in [0.5, 0.6) is 0 Å². The summed E-state index contributed by atoms with van der Waals surface area (Å²) >= 11 is 5.93. The van der Waals surface area contributed by atoms with Crippen LogP contribution >= 0.6 is 11.6 Å². The predicted molar refractivity (Wildman–Crippen MR) is 113 cm³/mol. The number of imidazole rings is 1. The molecule has 0 saturated carbocycles. The highest BCUT2D eigenvalue weighted by Gasteiger charge is 2.10. The maximum Gasteiger partial charge on any atom is 0.251 e. The highest BCUT2D eigenvalue weighted by Crippen LogP contribution is 2.18. The highest BCUT2D eigenvalue weighted by atomic mass is 35.5. The van der Waals surface area contributed by atoms with Gasteiger partial charge in [-0.3, -0.25) is 4.79 Å². The second-order valence-electron chi connectivity index (χ2n) is 6.74. The molecule has 2 aromatic carbocycles. The Morgan fingerprint density at radius 3 is 2.82 bits per heavy atom. The van der Waals surface area contributed by atoms with Gasteiger partial charge in [0.25, 0.3) is 5.91 Å². The number of benzene rings is 2. The van der Waals surface area contributed by atoms with Gasteiger partial charge in [0, 0.05) is 37.2 Å². The molecule has 0 radical (unpaired) electrons. The fourth-order valence-electron chi connectivity index (χ4n) is 3.27. The van der Waals surface area contributed by atoms with Crippen LogP contribution in [0.3, 0.4) is 0 Å². The number of ether oxygens (including phenoxy) is 1. The first-order valence-corrected chi connectivity index (χ1v) is 10.0. The van der Waals surface area contributed by atoms with Gasteiger partial charge in [0.15, 0.2) is 0 Å². The Balaban J connectivity index is 1.45. The summed E-state index contributed by atoms with van der Waals surface area (Å²) in [6, 6.07) is 15.2. The number of nitrogens with zero attached hydrogens (tertiary/aromatic N) is 2. The van der Waals surface area contributed by atoms with Crippen molar-refractivity contribution < 1.29 is 9.53 Å². The molecule has 0 aliphatic rings. The number of aromatic nitrogens is 2. The summed E-state index contributed by atoms with van der Waals surface area (Å²) in [4.78, 5) is 16.9. The third kappa shape index (κ3) is 5.33. The van der Waals surface area contributed by atoms with Crippen molar-refractivity contribution in [3.63, 3.8) is 0 Å². The lowest BCUT2D eigenvalue weighted by Crippen LogP contribution is -2.24. The lowest BCUT2D eigenvalue weighted by molar-refractivity contribution is 0.0953. The van der Waals surface area contributed by atoms with Crippen LogP contribution in [-0.2, 0) is 17.7 Å². The van der Waals surface area contributed by atoms with Gasteiger partial charge in [-0.1, -0.05) is 36.2 Å². The quantitative estimate of drug-likeness (QED) is 0.511. The van der Waals surface area contributed by atoms with Gasteiger partial charge < -0.3 is 14.6 Å². The molecule has 0 unspecified atom stereocenters. The molecule has 1 heterocycles. The maximum absolute atomic E-state index is 12.1. The van der Waals surface area contributed by atoms with Crippen molar-refractivity contribution in [3.8, 4) is 0 Å². The van der Waals surface area contributed by atoms with Gasteiger partial charge >= 0.3 is 0 Å². The largest absolute Gasteiger partial charge is 0.383 e. The summed E-state index contributed by atoms with van der Waals surface area (Å²) in [7, 11) is 1.72. The smallest absolute Gasteiger partial charge is 0.251 e. The number of aryl methyl sites for hydroxylation is 1. The Hall–Kier alpha value is -2.37. The van der Waals surface area contributed by atoms with E-state index in [0.717, 1.165) is 49.1 Å². The van der Waals surface area contributed by atoms with Crippen LogP contribution in [0, 0.1) is 0 Å². The normalized spacial score (nSPS) is 11.1. The number of hydrogen-bond donors (Lipinski definition) is 1. The molecule has 1 aromatic heterocycles. The van der Waals surface area contributed by atoms with Gasteiger partial charge in [0.1, 0.15) is 5.82 Å². The van der Waals surface area contributed by atoms with E-state index in [0.29, 0.717) is 23.7 Å². The number of hydrogen-bond acceptors (Lipinski definition) is 3. The molecule has 1 amide bonds. The van der Waals surface area contributed by atoms with Crippen molar-refractivity contribution in [2.24, 2.45) is 0 Å². The number of carbonyl (C=O) groups excluding carboxylic acids is 1.